The highest BCUT2D eigenvalue weighted by Crippen LogP contribution is 2.15. The van der Waals surface area contributed by atoms with Gasteiger partial charge in [0.2, 0.25) is 0 Å². The number of rotatable bonds is 3. The van der Waals surface area contributed by atoms with Gasteiger partial charge in [-0.1, -0.05) is 29.8 Å². The molecule has 3 heteroatoms. The molecular formula is C14H11ClN2. The summed E-state index contributed by atoms with van der Waals surface area (Å²) in [7, 11) is 0. The van der Waals surface area contributed by atoms with Crippen LogP contribution in [0.2, 0.25) is 5.02 Å². The number of nitrogens with one attached hydrogen (secondary N) is 1. The summed E-state index contributed by atoms with van der Waals surface area (Å²) >= 11 is 5.89. The Hall–Kier alpha value is -1.98. The van der Waals surface area contributed by atoms with Crippen LogP contribution in [0.1, 0.15) is 11.1 Å². The van der Waals surface area contributed by atoms with Crippen LogP contribution < -0.4 is 5.32 Å². The molecule has 2 aromatic rings. The first-order valence-electron chi connectivity index (χ1n) is 5.26. The predicted molar refractivity (Wildman–Crippen MR) is 69.9 cm³/mol. The Morgan fingerprint density at radius 2 is 1.88 bits per heavy atom. The van der Waals surface area contributed by atoms with Crippen molar-refractivity contribution >= 4 is 17.3 Å². The van der Waals surface area contributed by atoms with E-state index < -0.39 is 0 Å². The molecule has 0 fully saturated rings. The zero-order chi connectivity index (χ0) is 12.1. The molecular weight excluding hydrogens is 232 g/mol. The molecule has 17 heavy (non-hydrogen) atoms. The van der Waals surface area contributed by atoms with E-state index in [9.17, 15) is 0 Å². The quantitative estimate of drug-likeness (QED) is 0.888. The van der Waals surface area contributed by atoms with Gasteiger partial charge >= 0.3 is 0 Å². The number of halogens is 1. The zero-order valence-electron chi connectivity index (χ0n) is 9.15. The summed E-state index contributed by atoms with van der Waals surface area (Å²) in [5.41, 5.74) is 2.79. The van der Waals surface area contributed by atoms with Crippen molar-refractivity contribution in [1.29, 1.82) is 5.26 Å². The Bertz CT molecular complexity index is 541. The van der Waals surface area contributed by atoms with Crippen LogP contribution in [0.5, 0.6) is 0 Å². The molecule has 0 aliphatic rings. The maximum Gasteiger partial charge on any atom is 0.0991 e. The van der Waals surface area contributed by atoms with Gasteiger partial charge in [0, 0.05) is 17.3 Å². The van der Waals surface area contributed by atoms with Gasteiger partial charge in [-0.3, -0.25) is 0 Å². The molecule has 84 valence electrons. The summed E-state index contributed by atoms with van der Waals surface area (Å²) in [6.45, 7) is 0.714. The first-order chi connectivity index (χ1) is 8.28. The monoisotopic (exact) mass is 242 g/mol. The summed E-state index contributed by atoms with van der Waals surface area (Å²) in [5.74, 6) is 0. The summed E-state index contributed by atoms with van der Waals surface area (Å²) in [6.07, 6.45) is 0. The average molecular weight is 243 g/mol. The second-order valence-electron chi connectivity index (χ2n) is 3.67. The van der Waals surface area contributed by atoms with Crippen molar-refractivity contribution in [1.82, 2.24) is 0 Å². The Morgan fingerprint density at radius 3 is 2.53 bits per heavy atom. The molecule has 0 atom stereocenters. The van der Waals surface area contributed by atoms with Gasteiger partial charge < -0.3 is 5.32 Å². The summed E-state index contributed by atoms with van der Waals surface area (Å²) < 4.78 is 0. The molecule has 0 radical (unpaired) electrons. The number of nitriles is 1. The van der Waals surface area contributed by atoms with Crippen molar-refractivity contribution in [3.63, 3.8) is 0 Å². The van der Waals surface area contributed by atoms with Crippen LogP contribution >= 0.6 is 11.6 Å². The van der Waals surface area contributed by atoms with E-state index in [1.54, 1.807) is 0 Å². The van der Waals surface area contributed by atoms with Crippen molar-refractivity contribution in [2.24, 2.45) is 0 Å². The van der Waals surface area contributed by atoms with Crippen molar-refractivity contribution in [3.8, 4) is 6.07 Å². The highest BCUT2D eigenvalue weighted by molar-refractivity contribution is 6.30. The summed E-state index contributed by atoms with van der Waals surface area (Å²) in [4.78, 5) is 0. The second kappa shape index (κ2) is 5.38. The van der Waals surface area contributed by atoms with Crippen LogP contribution in [0.4, 0.5) is 5.69 Å². The molecule has 0 amide bonds. The normalized spacial score (nSPS) is 9.65. The van der Waals surface area contributed by atoms with E-state index in [0.29, 0.717) is 12.1 Å². The molecule has 0 bridgehead atoms. The molecule has 0 unspecified atom stereocenters. The number of benzene rings is 2. The van der Waals surface area contributed by atoms with Crippen LogP contribution in [0.25, 0.3) is 0 Å². The zero-order valence-corrected chi connectivity index (χ0v) is 9.91. The lowest BCUT2D eigenvalue weighted by atomic mass is 10.1. The highest BCUT2D eigenvalue weighted by atomic mass is 35.5. The van der Waals surface area contributed by atoms with Gasteiger partial charge in [0.25, 0.3) is 0 Å². The first-order valence-corrected chi connectivity index (χ1v) is 5.64. The average Bonchev–Trinajstić information content (AvgIpc) is 2.37. The summed E-state index contributed by atoms with van der Waals surface area (Å²) in [6, 6.07) is 17.2. The minimum atomic E-state index is 0.677. The Morgan fingerprint density at radius 1 is 1.12 bits per heavy atom. The molecule has 2 nitrogen and oxygen atoms in total. The van der Waals surface area contributed by atoms with Crippen molar-refractivity contribution in [3.05, 3.63) is 64.7 Å². The Kier molecular flexibility index (Phi) is 3.64. The minimum Gasteiger partial charge on any atom is -0.381 e. The van der Waals surface area contributed by atoms with Crippen LogP contribution in [-0.4, -0.2) is 0 Å². The van der Waals surface area contributed by atoms with E-state index in [-0.39, 0.29) is 0 Å². The number of hydrogen-bond donors (Lipinski definition) is 1. The molecule has 0 aliphatic heterocycles. The fourth-order valence-electron chi connectivity index (χ4n) is 1.50. The smallest absolute Gasteiger partial charge is 0.0991 e. The topological polar surface area (TPSA) is 35.8 Å². The van der Waals surface area contributed by atoms with Gasteiger partial charge in [-0.15, -0.1) is 0 Å². The number of anilines is 1. The van der Waals surface area contributed by atoms with E-state index in [2.05, 4.69) is 11.4 Å². The lowest BCUT2D eigenvalue weighted by Gasteiger charge is -2.06. The van der Waals surface area contributed by atoms with Crippen molar-refractivity contribution in [2.75, 3.05) is 5.32 Å². The lowest BCUT2D eigenvalue weighted by Crippen LogP contribution is -1.98. The maximum absolute atomic E-state index is 8.69. The Labute approximate surface area is 105 Å². The standard InChI is InChI=1S/C14H11ClN2/c15-13-2-1-3-14(8-13)17-10-12-6-4-11(9-16)5-7-12/h1-8,17H,10H2. The third-order valence-electron chi connectivity index (χ3n) is 2.40. The molecule has 1 N–H and O–H groups in total. The van der Waals surface area contributed by atoms with E-state index in [1.165, 1.54) is 0 Å². The van der Waals surface area contributed by atoms with Gasteiger partial charge in [-0.2, -0.15) is 5.26 Å². The largest absolute Gasteiger partial charge is 0.381 e. The minimum absolute atomic E-state index is 0.677. The maximum atomic E-state index is 8.69. The Balaban J connectivity index is 2.00. The van der Waals surface area contributed by atoms with E-state index >= 15 is 0 Å². The molecule has 2 aromatic carbocycles. The van der Waals surface area contributed by atoms with Crippen LogP contribution in [-0.2, 0) is 6.54 Å². The molecule has 0 heterocycles. The van der Waals surface area contributed by atoms with Crippen molar-refractivity contribution < 1.29 is 0 Å². The lowest BCUT2D eigenvalue weighted by molar-refractivity contribution is 1.15. The fourth-order valence-corrected chi connectivity index (χ4v) is 1.69. The molecule has 0 spiro atoms. The van der Waals surface area contributed by atoms with Gasteiger partial charge in [0.1, 0.15) is 0 Å². The molecule has 0 saturated carbocycles. The second-order valence-corrected chi connectivity index (χ2v) is 4.11. The fraction of sp³-hybridized carbons (Fsp3) is 0.0714. The number of nitrogens with zero attached hydrogens (tertiary/aromatic N) is 1. The highest BCUT2D eigenvalue weighted by Gasteiger charge is 1.95. The van der Waals surface area contributed by atoms with Crippen LogP contribution in [0.15, 0.2) is 48.5 Å². The van der Waals surface area contributed by atoms with Gasteiger partial charge in [0.05, 0.1) is 11.6 Å². The van der Waals surface area contributed by atoms with Crippen LogP contribution in [0.3, 0.4) is 0 Å². The van der Waals surface area contributed by atoms with Gasteiger partial charge in [-0.25, -0.2) is 0 Å². The summed E-state index contributed by atoms with van der Waals surface area (Å²) in [5, 5.41) is 12.7. The molecule has 2 rings (SSSR count). The number of hydrogen-bond acceptors (Lipinski definition) is 2. The van der Waals surface area contributed by atoms with Crippen molar-refractivity contribution in [2.45, 2.75) is 6.54 Å². The third kappa shape index (κ3) is 3.24. The van der Waals surface area contributed by atoms with E-state index in [1.807, 2.05) is 48.5 Å². The molecule has 0 aliphatic carbocycles. The third-order valence-corrected chi connectivity index (χ3v) is 2.64. The van der Waals surface area contributed by atoms with Gasteiger partial charge in [0.15, 0.2) is 0 Å². The van der Waals surface area contributed by atoms with E-state index in [0.717, 1.165) is 16.3 Å². The molecule has 0 saturated heterocycles. The van der Waals surface area contributed by atoms with Gasteiger partial charge in [-0.05, 0) is 35.9 Å². The predicted octanol–water partition coefficient (Wildman–Crippen LogP) is 3.82. The SMILES string of the molecule is N#Cc1ccc(CNc2cccc(Cl)c2)cc1. The first kappa shape index (κ1) is 11.5. The van der Waals surface area contributed by atoms with E-state index in [4.69, 9.17) is 16.9 Å². The molecule has 0 aromatic heterocycles. The van der Waals surface area contributed by atoms with Crippen LogP contribution in [0, 0.1) is 11.3 Å².